The topological polar surface area (TPSA) is 60.2 Å². The zero-order valence-corrected chi connectivity index (χ0v) is 17.2. The van der Waals surface area contributed by atoms with E-state index < -0.39 is 0 Å². The summed E-state index contributed by atoms with van der Waals surface area (Å²) in [7, 11) is 1.73. The van der Waals surface area contributed by atoms with Crippen LogP contribution >= 0.6 is 11.6 Å². The molecule has 0 unspecified atom stereocenters. The third-order valence-corrected chi connectivity index (χ3v) is 4.57. The van der Waals surface area contributed by atoms with Gasteiger partial charge in [-0.15, -0.1) is 0 Å². The van der Waals surface area contributed by atoms with Crippen molar-refractivity contribution < 1.29 is 9.53 Å². The van der Waals surface area contributed by atoms with Crippen molar-refractivity contribution in [2.75, 3.05) is 13.7 Å². The van der Waals surface area contributed by atoms with Crippen LogP contribution in [0.4, 0.5) is 0 Å². The van der Waals surface area contributed by atoms with Crippen LogP contribution in [-0.4, -0.2) is 39.2 Å². The van der Waals surface area contributed by atoms with Gasteiger partial charge in [-0.05, 0) is 56.7 Å². The Labute approximate surface area is 169 Å². The largest absolute Gasteiger partial charge is 0.494 e. The molecule has 1 aromatic carbocycles. The maximum absolute atomic E-state index is 12.9. The average Bonchev–Trinajstić information content (AvgIpc) is 3.01. The van der Waals surface area contributed by atoms with E-state index in [0.29, 0.717) is 24.0 Å². The first-order chi connectivity index (χ1) is 13.4. The van der Waals surface area contributed by atoms with Crippen LogP contribution in [-0.2, 0) is 6.54 Å². The second kappa shape index (κ2) is 8.44. The Morgan fingerprint density at radius 3 is 2.50 bits per heavy atom. The van der Waals surface area contributed by atoms with Gasteiger partial charge in [0, 0.05) is 19.3 Å². The second-order valence-electron chi connectivity index (χ2n) is 6.58. The highest BCUT2D eigenvalue weighted by Gasteiger charge is 2.19. The fraction of sp³-hybridized carbons (Fsp3) is 0.286. The van der Waals surface area contributed by atoms with E-state index in [1.807, 2.05) is 51.1 Å². The molecule has 0 aliphatic rings. The Balaban J connectivity index is 1.81. The number of amides is 1. The van der Waals surface area contributed by atoms with Crippen molar-refractivity contribution in [2.24, 2.45) is 0 Å². The number of ether oxygens (including phenoxy) is 1. The van der Waals surface area contributed by atoms with Gasteiger partial charge in [-0.3, -0.25) is 4.79 Å². The third kappa shape index (κ3) is 4.34. The fourth-order valence-corrected chi connectivity index (χ4v) is 3.13. The summed E-state index contributed by atoms with van der Waals surface area (Å²) in [5.41, 5.74) is 3.02. The molecule has 3 aromatic rings. The summed E-state index contributed by atoms with van der Waals surface area (Å²) in [6.07, 6.45) is 0. The molecule has 28 heavy (non-hydrogen) atoms. The predicted octanol–water partition coefficient (Wildman–Crippen LogP) is 4.21. The van der Waals surface area contributed by atoms with Crippen LogP contribution in [0.25, 0.3) is 5.82 Å². The SMILES string of the molecule is CCOc1ccc(CN(C)C(=O)c2nc(-n3nc(C)cc3C)ccc2Cl)cc1. The monoisotopic (exact) mass is 398 g/mol. The molecular formula is C21H23ClN4O2. The number of hydrogen-bond acceptors (Lipinski definition) is 4. The minimum atomic E-state index is -0.248. The molecule has 0 N–H and O–H groups in total. The molecule has 0 radical (unpaired) electrons. The van der Waals surface area contributed by atoms with Gasteiger partial charge in [0.2, 0.25) is 0 Å². The first-order valence-electron chi connectivity index (χ1n) is 9.06. The molecule has 0 fully saturated rings. The number of nitrogens with zero attached hydrogens (tertiary/aromatic N) is 4. The smallest absolute Gasteiger partial charge is 0.274 e. The van der Waals surface area contributed by atoms with Gasteiger partial charge in [-0.2, -0.15) is 5.10 Å². The first kappa shape index (κ1) is 19.9. The van der Waals surface area contributed by atoms with Gasteiger partial charge in [0.25, 0.3) is 5.91 Å². The lowest BCUT2D eigenvalue weighted by molar-refractivity contribution is 0.0779. The van der Waals surface area contributed by atoms with Crippen molar-refractivity contribution in [3.63, 3.8) is 0 Å². The Morgan fingerprint density at radius 2 is 1.89 bits per heavy atom. The molecule has 3 rings (SSSR count). The minimum absolute atomic E-state index is 0.208. The molecule has 1 amide bonds. The summed E-state index contributed by atoms with van der Waals surface area (Å²) in [6, 6.07) is 13.1. The van der Waals surface area contributed by atoms with Crippen LogP contribution in [0.1, 0.15) is 34.4 Å². The summed E-state index contributed by atoms with van der Waals surface area (Å²) in [5, 5.41) is 4.73. The zero-order valence-electron chi connectivity index (χ0n) is 16.4. The van der Waals surface area contributed by atoms with E-state index in [1.165, 1.54) is 0 Å². The second-order valence-corrected chi connectivity index (χ2v) is 6.98. The quantitative estimate of drug-likeness (QED) is 0.624. The molecule has 2 heterocycles. The molecule has 7 heteroatoms. The standard InChI is InChI=1S/C21H23ClN4O2/c1-5-28-17-8-6-16(7-9-17)13-25(4)21(27)20-18(22)10-11-19(23-20)26-15(3)12-14(2)24-26/h6-12H,5,13H2,1-4H3. The molecule has 0 atom stereocenters. The third-order valence-electron chi connectivity index (χ3n) is 4.26. The molecule has 0 saturated carbocycles. The number of rotatable bonds is 6. The lowest BCUT2D eigenvalue weighted by atomic mass is 10.2. The molecule has 0 aliphatic carbocycles. The van der Waals surface area contributed by atoms with Crippen LogP contribution in [0.15, 0.2) is 42.5 Å². The normalized spacial score (nSPS) is 10.8. The zero-order chi connectivity index (χ0) is 20.3. The van der Waals surface area contributed by atoms with Crippen molar-refractivity contribution >= 4 is 17.5 Å². The summed E-state index contributed by atoms with van der Waals surface area (Å²) in [5.74, 6) is 1.12. The van der Waals surface area contributed by atoms with Crippen LogP contribution in [0.5, 0.6) is 5.75 Å². The van der Waals surface area contributed by atoms with E-state index >= 15 is 0 Å². The summed E-state index contributed by atoms with van der Waals surface area (Å²) < 4.78 is 7.15. The van der Waals surface area contributed by atoms with Crippen molar-refractivity contribution in [1.82, 2.24) is 19.7 Å². The molecule has 6 nitrogen and oxygen atoms in total. The van der Waals surface area contributed by atoms with E-state index in [4.69, 9.17) is 16.3 Å². The van der Waals surface area contributed by atoms with E-state index in [-0.39, 0.29) is 11.6 Å². The Kier molecular flexibility index (Phi) is 5.99. The number of aromatic nitrogens is 3. The first-order valence-corrected chi connectivity index (χ1v) is 9.44. The van der Waals surface area contributed by atoms with Gasteiger partial charge < -0.3 is 9.64 Å². The highest BCUT2D eigenvalue weighted by atomic mass is 35.5. The van der Waals surface area contributed by atoms with Crippen molar-refractivity contribution in [3.05, 3.63) is 70.1 Å². The van der Waals surface area contributed by atoms with Crippen LogP contribution in [0, 0.1) is 13.8 Å². The van der Waals surface area contributed by atoms with E-state index in [1.54, 1.807) is 28.8 Å². The van der Waals surface area contributed by atoms with E-state index in [2.05, 4.69) is 10.1 Å². The molecule has 0 aliphatic heterocycles. The minimum Gasteiger partial charge on any atom is -0.494 e. The van der Waals surface area contributed by atoms with Crippen LogP contribution in [0.2, 0.25) is 5.02 Å². The summed E-state index contributed by atoms with van der Waals surface area (Å²) in [6.45, 7) is 6.85. The lowest BCUT2D eigenvalue weighted by Crippen LogP contribution is -2.27. The van der Waals surface area contributed by atoms with E-state index in [9.17, 15) is 4.79 Å². The number of carbonyl (C=O) groups excluding carboxylic acids is 1. The molecule has 146 valence electrons. The number of carbonyl (C=O) groups is 1. The fourth-order valence-electron chi connectivity index (χ4n) is 2.94. The number of halogens is 1. The average molecular weight is 399 g/mol. The van der Waals surface area contributed by atoms with Crippen molar-refractivity contribution in [2.45, 2.75) is 27.3 Å². The van der Waals surface area contributed by atoms with Gasteiger partial charge in [0.15, 0.2) is 5.82 Å². The van der Waals surface area contributed by atoms with Gasteiger partial charge in [-0.25, -0.2) is 9.67 Å². The summed E-state index contributed by atoms with van der Waals surface area (Å²) >= 11 is 6.27. The van der Waals surface area contributed by atoms with Gasteiger partial charge >= 0.3 is 0 Å². The molecular weight excluding hydrogens is 376 g/mol. The lowest BCUT2D eigenvalue weighted by Gasteiger charge is -2.18. The van der Waals surface area contributed by atoms with Gasteiger partial charge in [0.05, 0.1) is 17.3 Å². The number of benzene rings is 1. The Morgan fingerprint density at radius 1 is 1.18 bits per heavy atom. The molecule has 0 saturated heterocycles. The molecule has 0 spiro atoms. The maximum atomic E-state index is 12.9. The van der Waals surface area contributed by atoms with Crippen LogP contribution < -0.4 is 4.74 Å². The number of pyridine rings is 1. The number of hydrogen-bond donors (Lipinski definition) is 0. The molecule has 0 bridgehead atoms. The van der Waals surface area contributed by atoms with Crippen molar-refractivity contribution in [3.8, 4) is 11.6 Å². The predicted molar refractivity (Wildman–Crippen MR) is 109 cm³/mol. The Bertz CT molecular complexity index is 983. The van der Waals surface area contributed by atoms with Crippen molar-refractivity contribution in [1.29, 1.82) is 0 Å². The maximum Gasteiger partial charge on any atom is 0.274 e. The Hall–Kier alpha value is -2.86. The van der Waals surface area contributed by atoms with E-state index in [0.717, 1.165) is 22.7 Å². The highest BCUT2D eigenvalue weighted by molar-refractivity contribution is 6.33. The van der Waals surface area contributed by atoms with Crippen LogP contribution in [0.3, 0.4) is 0 Å². The number of aryl methyl sites for hydroxylation is 2. The highest BCUT2D eigenvalue weighted by Crippen LogP contribution is 2.20. The van der Waals surface area contributed by atoms with Gasteiger partial charge in [-0.1, -0.05) is 23.7 Å². The van der Waals surface area contributed by atoms with Gasteiger partial charge in [0.1, 0.15) is 11.4 Å². The summed E-state index contributed by atoms with van der Waals surface area (Å²) in [4.78, 5) is 19.0. The molecule has 2 aromatic heterocycles.